The molecule has 0 spiro atoms. The summed E-state index contributed by atoms with van der Waals surface area (Å²) in [7, 11) is 0. The summed E-state index contributed by atoms with van der Waals surface area (Å²) in [6.45, 7) is 5.58. The second kappa shape index (κ2) is 15.4. The summed E-state index contributed by atoms with van der Waals surface area (Å²) < 4.78 is 8.16. The van der Waals surface area contributed by atoms with Crippen LogP contribution in [-0.2, 0) is 12.8 Å². The number of nitrogens with zero attached hydrogens (tertiary/aromatic N) is 4. The molecule has 0 bridgehead atoms. The van der Waals surface area contributed by atoms with Gasteiger partial charge in [0.05, 0.1) is 17.1 Å². The Morgan fingerprint density at radius 2 is 1.45 bits per heavy atom. The van der Waals surface area contributed by atoms with E-state index < -0.39 is 0 Å². The van der Waals surface area contributed by atoms with Crippen molar-refractivity contribution in [2.45, 2.75) is 95.2 Å². The van der Waals surface area contributed by atoms with Crippen molar-refractivity contribution >= 4 is 22.4 Å². The zero-order valence-electron chi connectivity index (χ0n) is 27.7. The van der Waals surface area contributed by atoms with Gasteiger partial charge in [0.15, 0.2) is 0 Å². The van der Waals surface area contributed by atoms with Crippen LogP contribution in [0.15, 0.2) is 77.6 Å². The molecule has 1 aromatic heterocycles. The van der Waals surface area contributed by atoms with Crippen LogP contribution in [0, 0.1) is 0 Å². The van der Waals surface area contributed by atoms with Gasteiger partial charge in [-0.1, -0.05) is 60.5 Å². The summed E-state index contributed by atoms with van der Waals surface area (Å²) in [6, 6.07) is 25.7. The van der Waals surface area contributed by atoms with Crippen LogP contribution in [0.3, 0.4) is 0 Å². The van der Waals surface area contributed by atoms with E-state index in [1.807, 2.05) is 53.2 Å². The third kappa shape index (κ3) is 8.10. The summed E-state index contributed by atoms with van der Waals surface area (Å²) in [5.41, 5.74) is 3.52. The van der Waals surface area contributed by atoms with Crippen LogP contribution >= 0.6 is 11.6 Å². The monoisotopic (exact) mass is 652 g/mol. The van der Waals surface area contributed by atoms with Crippen molar-refractivity contribution in [1.82, 2.24) is 19.6 Å². The van der Waals surface area contributed by atoms with Crippen LogP contribution in [0.2, 0.25) is 5.02 Å². The Morgan fingerprint density at radius 3 is 2.19 bits per heavy atom. The minimum atomic E-state index is 0.0321. The van der Waals surface area contributed by atoms with Crippen molar-refractivity contribution < 1.29 is 4.74 Å². The number of rotatable bonds is 11. The van der Waals surface area contributed by atoms with Crippen LogP contribution in [0.25, 0.3) is 10.8 Å². The average molecular weight is 653 g/mol. The molecule has 47 heavy (non-hydrogen) atoms. The number of ether oxygens (including phenoxy) is 1. The fourth-order valence-electron chi connectivity index (χ4n) is 7.76. The molecule has 1 unspecified atom stereocenters. The molecule has 3 aliphatic rings. The number of benzene rings is 3. The first-order valence-corrected chi connectivity index (χ1v) is 18.4. The molecular weight excluding hydrogens is 604 g/mol. The lowest BCUT2D eigenvalue weighted by atomic mass is 9.90. The maximum atomic E-state index is 13.6. The molecule has 0 N–H and O–H groups in total. The number of unbranched alkanes of at least 4 members (excludes halogenated alkanes) is 1. The predicted molar refractivity (Wildman–Crippen MR) is 192 cm³/mol. The lowest BCUT2D eigenvalue weighted by Gasteiger charge is -2.41. The summed E-state index contributed by atoms with van der Waals surface area (Å²) in [6.07, 6.45) is 14.0. The van der Waals surface area contributed by atoms with Crippen molar-refractivity contribution in [2.75, 3.05) is 32.7 Å². The van der Waals surface area contributed by atoms with Crippen LogP contribution < -0.4 is 10.3 Å². The van der Waals surface area contributed by atoms with Gasteiger partial charge in [0.25, 0.3) is 5.56 Å². The Balaban J connectivity index is 0.883. The fraction of sp³-hybridized carbons (Fsp3) is 0.500. The van der Waals surface area contributed by atoms with E-state index >= 15 is 0 Å². The predicted octanol–water partition coefficient (Wildman–Crippen LogP) is 8.09. The Morgan fingerprint density at radius 1 is 0.723 bits per heavy atom. The highest BCUT2D eigenvalue weighted by Crippen LogP contribution is 2.29. The molecule has 3 fully saturated rings. The summed E-state index contributed by atoms with van der Waals surface area (Å²) >= 11 is 6.13. The zero-order chi connectivity index (χ0) is 32.0. The van der Waals surface area contributed by atoms with Crippen LogP contribution in [0.1, 0.15) is 87.1 Å². The second-order valence-corrected chi connectivity index (χ2v) is 14.4. The Kier molecular flexibility index (Phi) is 10.6. The van der Waals surface area contributed by atoms with E-state index in [0.717, 1.165) is 97.0 Å². The zero-order valence-corrected chi connectivity index (χ0v) is 28.4. The van der Waals surface area contributed by atoms with Gasteiger partial charge in [-0.05, 0) is 119 Å². The van der Waals surface area contributed by atoms with Crippen LogP contribution in [0.4, 0.5) is 0 Å². The van der Waals surface area contributed by atoms with E-state index in [1.54, 1.807) is 0 Å². The highest BCUT2D eigenvalue weighted by atomic mass is 35.5. The summed E-state index contributed by atoms with van der Waals surface area (Å²) in [5.74, 6) is 1.02. The standard InChI is InChI=1S/C40H49ClN4O2/c41-32-17-13-31(14-18-32)29-39-37-11-1-2-12-38(37)40(46)45(42-39)34-10-6-25-43(26-21-34)24-4-3-7-30-15-19-35(20-16-30)47-36-22-27-44(28-23-36)33-8-5-9-33/h1-2,11-20,33-34,36H,3-10,21-29H2. The number of fused-ring (bicyclic) bond motifs is 1. The van der Waals surface area contributed by atoms with E-state index in [9.17, 15) is 4.79 Å². The van der Waals surface area contributed by atoms with E-state index in [-0.39, 0.29) is 11.6 Å². The highest BCUT2D eigenvalue weighted by Gasteiger charge is 2.29. The number of piperidine rings is 1. The fourth-order valence-corrected chi connectivity index (χ4v) is 7.88. The number of likely N-dealkylation sites (tertiary alicyclic amines) is 2. The SMILES string of the molecule is O=c1c2ccccc2c(Cc2ccc(Cl)cc2)nn1C1CCCN(CCCCc2ccc(OC3CCN(C4CCC4)CC3)cc2)CC1. The van der Waals surface area contributed by atoms with Gasteiger partial charge in [-0.15, -0.1) is 0 Å². The van der Waals surface area contributed by atoms with Gasteiger partial charge in [-0.25, -0.2) is 4.68 Å². The lowest BCUT2D eigenvalue weighted by molar-refractivity contribution is 0.0493. The number of hydrogen-bond donors (Lipinski definition) is 0. The maximum Gasteiger partial charge on any atom is 0.274 e. The van der Waals surface area contributed by atoms with E-state index in [2.05, 4.69) is 34.1 Å². The molecule has 2 saturated heterocycles. The third-order valence-corrected chi connectivity index (χ3v) is 11.1. The molecule has 1 aliphatic carbocycles. The minimum Gasteiger partial charge on any atom is -0.490 e. The van der Waals surface area contributed by atoms with Crippen molar-refractivity contribution in [3.63, 3.8) is 0 Å². The molecule has 3 aromatic carbocycles. The molecule has 4 aromatic rings. The summed E-state index contributed by atoms with van der Waals surface area (Å²) in [4.78, 5) is 18.9. The van der Waals surface area contributed by atoms with Crippen molar-refractivity contribution in [1.29, 1.82) is 0 Å². The second-order valence-electron chi connectivity index (χ2n) is 14.0. The van der Waals surface area contributed by atoms with Gasteiger partial charge in [0.2, 0.25) is 0 Å². The van der Waals surface area contributed by atoms with Gasteiger partial charge in [-0.2, -0.15) is 5.10 Å². The van der Waals surface area contributed by atoms with Crippen molar-refractivity contribution in [2.24, 2.45) is 0 Å². The molecule has 1 atom stereocenters. The Bertz CT molecular complexity index is 1660. The maximum absolute atomic E-state index is 13.6. The number of aromatic nitrogens is 2. The molecule has 6 nitrogen and oxygen atoms in total. The van der Waals surface area contributed by atoms with E-state index in [1.165, 1.54) is 50.8 Å². The van der Waals surface area contributed by atoms with Gasteiger partial charge >= 0.3 is 0 Å². The molecule has 0 amide bonds. The summed E-state index contributed by atoms with van der Waals surface area (Å²) in [5, 5.41) is 7.44. The molecular formula is C40H49ClN4O2. The largest absolute Gasteiger partial charge is 0.490 e. The van der Waals surface area contributed by atoms with Crippen LogP contribution in [-0.4, -0.2) is 64.4 Å². The smallest absolute Gasteiger partial charge is 0.274 e. The average Bonchev–Trinajstić information content (AvgIpc) is 3.32. The Hall–Kier alpha value is -3.19. The van der Waals surface area contributed by atoms with Crippen molar-refractivity contribution in [3.8, 4) is 5.75 Å². The number of aryl methyl sites for hydroxylation is 1. The normalized spacial score (nSPS) is 20.2. The topological polar surface area (TPSA) is 50.6 Å². The van der Waals surface area contributed by atoms with E-state index in [4.69, 9.17) is 21.4 Å². The van der Waals surface area contributed by atoms with Gasteiger partial charge in [0.1, 0.15) is 11.9 Å². The van der Waals surface area contributed by atoms with Crippen LogP contribution in [0.5, 0.6) is 5.75 Å². The van der Waals surface area contributed by atoms with Gasteiger partial charge in [-0.3, -0.25) is 4.79 Å². The highest BCUT2D eigenvalue weighted by molar-refractivity contribution is 6.30. The van der Waals surface area contributed by atoms with Crippen molar-refractivity contribution in [3.05, 3.63) is 105 Å². The molecule has 2 aliphatic heterocycles. The molecule has 7 rings (SSSR count). The molecule has 248 valence electrons. The quantitative estimate of drug-likeness (QED) is 0.153. The van der Waals surface area contributed by atoms with Gasteiger partial charge in [0, 0.05) is 42.5 Å². The number of hydrogen-bond acceptors (Lipinski definition) is 5. The Labute approximate surface area is 284 Å². The first kappa shape index (κ1) is 32.4. The van der Waals surface area contributed by atoms with Gasteiger partial charge < -0.3 is 14.5 Å². The number of halogens is 1. The minimum absolute atomic E-state index is 0.0321. The molecule has 7 heteroatoms. The molecule has 1 saturated carbocycles. The lowest BCUT2D eigenvalue weighted by Crippen LogP contribution is -2.46. The van der Waals surface area contributed by atoms with E-state index in [0.29, 0.717) is 12.5 Å². The molecule has 0 radical (unpaired) electrons. The first-order valence-electron chi connectivity index (χ1n) is 18.1. The third-order valence-electron chi connectivity index (χ3n) is 10.8. The molecule has 3 heterocycles. The first-order chi connectivity index (χ1) is 23.1.